The van der Waals surface area contributed by atoms with Crippen molar-refractivity contribution in [1.82, 2.24) is 0 Å². The zero-order chi connectivity index (χ0) is 11.8. The number of hydrogen-bond acceptors (Lipinski definition) is 2. The molecule has 4 heteroatoms. The second-order valence-electron chi connectivity index (χ2n) is 4.23. The summed E-state index contributed by atoms with van der Waals surface area (Å²) in [6.45, 7) is 2.73. The van der Waals surface area contributed by atoms with Crippen LogP contribution in [-0.2, 0) is 10.3 Å². The predicted molar refractivity (Wildman–Crippen MR) is 60.1 cm³/mol. The minimum Gasteiger partial charge on any atom is -0.385 e. The van der Waals surface area contributed by atoms with Crippen LogP contribution in [0.3, 0.4) is 0 Å². The molecule has 0 radical (unpaired) electrons. The fourth-order valence-electron chi connectivity index (χ4n) is 1.99. The Labute approximate surface area is 99.0 Å². The van der Waals surface area contributed by atoms with E-state index < -0.39 is 11.4 Å². The molecule has 0 aliphatic carbocycles. The maximum atomic E-state index is 13.5. The maximum Gasteiger partial charge on any atom is 0.142 e. The third kappa shape index (κ3) is 2.08. The number of hydrogen-bond donors (Lipinski definition) is 1. The van der Waals surface area contributed by atoms with E-state index in [0.29, 0.717) is 37.2 Å². The lowest BCUT2D eigenvalue weighted by Gasteiger charge is -2.32. The van der Waals surface area contributed by atoms with E-state index in [2.05, 4.69) is 0 Å². The Hall–Kier alpha value is -0.640. The van der Waals surface area contributed by atoms with Gasteiger partial charge in [-0.2, -0.15) is 0 Å². The lowest BCUT2D eigenvalue weighted by molar-refractivity contribution is -0.0681. The molecule has 88 valence electrons. The molecule has 0 spiro atoms. The summed E-state index contributed by atoms with van der Waals surface area (Å²) in [5, 5.41) is 10.5. The van der Waals surface area contributed by atoms with Crippen LogP contribution in [0.2, 0.25) is 5.02 Å². The van der Waals surface area contributed by atoms with Gasteiger partial charge in [0.1, 0.15) is 5.82 Å². The number of aliphatic hydroxyl groups is 1. The molecule has 2 nitrogen and oxygen atoms in total. The Balaban J connectivity index is 2.39. The molecule has 0 atom stereocenters. The van der Waals surface area contributed by atoms with E-state index in [4.69, 9.17) is 16.3 Å². The average molecular weight is 245 g/mol. The molecule has 1 aromatic rings. The van der Waals surface area contributed by atoms with Gasteiger partial charge in [-0.25, -0.2) is 4.39 Å². The average Bonchev–Trinajstić information content (AvgIpc) is 2.26. The molecule has 1 aromatic carbocycles. The van der Waals surface area contributed by atoms with Crippen molar-refractivity contribution >= 4 is 11.6 Å². The van der Waals surface area contributed by atoms with Gasteiger partial charge in [-0.3, -0.25) is 0 Å². The first-order chi connectivity index (χ1) is 7.53. The van der Waals surface area contributed by atoms with Crippen LogP contribution in [0.5, 0.6) is 0 Å². The second-order valence-corrected chi connectivity index (χ2v) is 4.61. The van der Waals surface area contributed by atoms with Crippen molar-refractivity contribution in [3.8, 4) is 0 Å². The Morgan fingerprint density at radius 1 is 1.38 bits per heavy atom. The van der Waals surface area contributed by atoms with Crippen LogP contribution in [0.1, 0.15) is 24.0 Å². The van der Waals surface area contributed by atoms with Crippen LogP contribution in [0.25, 0.3) is 0 Å². The molecule has 1 heterocycles. The van der Waals surface area contributed by atoms with Gasteiger partial charge in [0, 0.05) is 26.1 Å². The quantitative estimate of drug-likeness (QED) is 0.823. The number of benzene rings is 1. The van der Waals surface area contributed by atoms with Crippen LogP contribution in [-0.4, -0.2) is 18.3 Å². The first kappa shape index (κ1) is 11.8. The molecular weight excluding hydrogens is 231 g/mol. The van der Waals surface area contributed by atoms with Gasteiger partial charge in [0.05, 0.1) is 10.6 Å². The van der Waals surface area contributed by atoms with Gasteiger partial charge in [-0.05, 0) is 24.1 Å². The van der Waals surface area contributed by atoms with Gasteiger partial charge in [0.15, 0.2) is 0 Å². The summed E-state index contributed by atoms with van der Waals surface area (Å²) in [5.74, 6) is -0.475. The molecule has 0 saturated carbocycles. The molecule has 0 unspecified atom stereocenters. The summed E-state index contributed by atoms with van der Waals surface area (Å²) in [4.78, 5) is 0. The molecule has 16 heavy (non-hydrogen) atoms. The van der Waals surface area contributed by atoms with Crippen LogP contribution in [0, 0.1) is 12.7 Å². The third-order valence-electron chi connectivity index (χ3n) is 3.07. The molecule has 0 bridgehead atoms. The minimum atomic E-state index is -0.978. The highest BCUT2D eigenvalue weighted by Crippen LogP contribution is 2.34. The van der Waals surface area contributed by atoms with Crippen LogP contribution >= 0.6 is 11.6 Å². The molecule has 2 rings (SSSR count). The topological polar surface area (TPSA) is 29.5 Å². The normalized spacial score (nSPS) is 19.8. The molecule has 1 saturated heterocycles. The predicted octanol–water partition coefficient (Wildman–Crippen LogP) is 2.79. The van der Waals surface area contributed by atoms with Crippen LogP contribution < -0.4 is 0 Å². The fourth-order valence-corrected chi connectivity index (χ4v) is 2.10. The molecule has 1 N–H and O–H groups in total. The fraction of sp³-hybridized carbons (Fsp3) is 0.500. The number of aryl methyl sites for hydroxylation is 1. The van der Waals surface area contributed by atoms with Crippen molar-refractivity contribution in [2.75, 3.05) is 13.2 Å². The summed E-state index contributed by atoms with van der Waals surface area (Å²) in [7, 11) is 0. The first-order valence-electron chi connectivity index (χ1n) is 5.29. The van der Waals surface area contributed by atoms with Crippen LogP contribution in [0.15, 0.2) is 12.1 Å². The van der Waals surface area contributed by atoms with E-state index in [0.717, 1.165) is 0 Å². The van der Waals surface area contributed by atoms with Crippen molar-refractivity contribution in [3.63, 3.8) is 0 Å². The summed E-state index contributed by atoms with van der Waals surface area (Å²) in [5.41, 5.74) is 0.265. The molecular formula is C12H14ClFO2. The lowest BCUT2D eigenvalue weighted by Crippen LogP contribution is -2.33. The third-order valence-corrected chi connectivity index (χ3v) is 3.55. The highest BCUT2D eigenvalue weighted by molar-refractivity contribution is 6.31. The SMILES string of the molecule is Cc1cc(C2(O)CCOCC2)cc(F)c1Cl. The number of halogens is 2. The van der Waals surface area contributed by atoms with E-state index in [1.807, 2.05) is 0 Å². The van der Waals surface area contributed by atoms with Gasteiger partial charge in [-0.1, -0.05) is 17.7 Å². The van der Waals surface area contributed by atoms with E-state index in [9.17, 15) is 9.50 Å². The lowest BCUT2D eigenvalue weighted by atomic mass is 9.86. The van der Waals surface area contributed by atoms with Gasteiger partial charge < -0.3 is 9.84 Å². The minimum absolute atomic E-state index is 0.124. The first-order valence-corrected chi connectivity index (χ1v) is 5.67. The Kier molecular flexibility index (Phi) is 3.19. The Bertz CT molecular complexity index is 377. The molecule has 0 amide bonds. The largest absolute Gasteiger partial charge is 0.385 e. The highest BCUT2D eigenvalue weighted by Gasteiger charge is 2.32. The van der Waals surface area contributed by atoms with Gasteiger partial charge in [0.25, 0.3) is 0 Å². The number of ether oxygens (including phenoxy) is 1. The maximum absolute atomic E-state index is 13.5. The van der Waals surface area contributed by atoms with Gasteiger partial charge >= 0.3 is 0 Å². The molecule has 1 fully saturated rings. The molecule has 0 aromatic heterocycles. The number of rotatable bonds is 1. The van der Waals surface area contributed by atoms with E-state index >= 15 is 0 Å². The summed E-state index contributed by atoms with van der Waals surface area (Å²) >= 11 is 5.75. The second kappa shape index (κ2) is 4.32. The summed E-state index contributed by atoms with van der Waals surface area (Å²) < 4.78 is 18.7. The Morgan fingerprint density at radius 3 is 2.56 bits per heavy atom. The monoisotopic (exact) mass is 244 g/mol. The van der Waals surface area contributed by atoms with Gasteiger partial charge in [0.2, 0.25) is 0 Å². The standard InChI is InChI=1S/C12H14ClFO2/c1-8-6-9(7-10(14)11(8)13)12(15)2-4-16-5-3-12/h6-7,15H,2-5H2,1H3. The zero-order valence-electron chi connectivity index (χ0n) is 9.09. The van der Waals surface area contributed by atoms with E-state index in [-0.39, 0.29) is 5.02 Å². The van der Waals surface area contributed by atoms with Crippen molar-refractivity contribution in [2.45, 2.75) is 25.4 Å². The van der Waals surface area contributed by atoms with E-state index in [1.165, 1.54) is 6.07 Å². The summed E-state index contributed by atoms with van der Waals surface area (Å²) in [6.07, 6.45) is 0.987. The van der Waals surface area contributed by atoms with Crippen molar-refractivity contribution in [3.05, 3.63) is 34.1 Å². The van der Waals surface area contributed by atoms with Gasteiger partial charge in [-0.15, -0.1) is 0 Å². The van der Waals surface area contributed by atoms with Crippen molar-refractivity contribution < 1.29 is 14.2 Å². The van der Waals surface area contributed by atoms with Crippen molar-refractivity contribution in [1.29, 1.82) is 0 Å². The molecule has 1 aliphatic rings. The summed E-state index contributed by atoms with van der Waals surface area (Å²) in [6, 6.07) is 3.07. The van der Waals surface area contributed by atoms with Crippen molar-refractivity contribution in [2.24, 2.45) is 0 Å². The van der Waals surface area contributed by atoms with Crippen LogP contribution in [0.4, 0.5) is 4.39 Å². The van der Waals surface area contributed by atoms with E-state index in [1.54, 1.807) is 13.0 Å². The highest BCUT2D eigenvalue weighted by atomic mass is 35.5. The Morgan fingerprint density at radius 2 is 2.00 bits per heavy atom. The smallest absolute Gasteiger partial charge is 0.142 e. The molecule has 1 aliphatic heterocycles. The zero-order valence-corrected chi connectivity index (χ0v) is 9.85.